The Bertz CT molecular complexity index is 922. The molecule has 0 aliphatic carbocycles. The average molecular weight is 378 g/mol. The molecule has 0 spiro atoms. The number of methoxy groups -OCH3 is 1. The molecule has 0 saturated carbocycles. The maximum absolute atomic E-state index is 14.2. The van der Waals surface area contributed by atoms with Crippen LogP contribution in [0.5, 0.6) is 5.75 Å². The van der Waals surface area contributed by atoms with Crippen molar-refractivity contribution in [1.29, 1.82) is 0 Å². The zero-order chi connectivity index (χ0) is 20.1. The van der Waals surface area contributed by atoms with Gasteiger partial charge in [0.15, 0.2) is 11.6 Å². The standard InChI is InChI=1S/C19H23FN2O5/c1-5-11(3)21-17(23)10-22-9-13(19(25)27-6-2)18(24)12-7-16(26-4)14(20)8-15(12)22/h7-9,11H,5-6,10H2,1-4H3,(H,21,23)/t11-/m0/s1. The van der Waals surface area contributed by atoms with E-state index < -0.39 is 17.2 Å². The number of hydrogen-bond acceptors (Lipinski definition) is 5. The highest BCUT2D eigenvalue weighted by Gasteiger charge is 2.20. The van der Waals surface area contributed by atoms with Gasteiger partial charge in [0.25, 0.3) is 0 Å². The Kier molecular flexibility index (Phi) is 6.55. The van der Waals surface area contributed by atoms with Crippen molar-refractivity contribution in [3.8, 4) is 5.75 Å². The Morgan fingerprint density at radius 3 is 2.59 bits per heavy atom. The van der Waals surface area contributed by atoms with E-state index in [1.165, 1.54) is 23.9 Å². The average Bonchev–Trinajstić information content (AvgIpc) is 2.63. The van der Waals surface area contributed by atoms with Crippen molar-refractivity contribution in [2.45, 2.75) is 39.8 Å². The summed E-state index contributed by atoms with van der Waals surface area (Å²) in [5.74, 6) is -1.93. The summed E-state index contributed by atoms with van der Waals surface area (Å²) in [6.45, 7) is 5.32. The molecular formula is C19H23FN2O5. The van der Waals surface area contributed by atoms with Crippen molar-refractivity contribution >= 4 is 22.8 Å². The largest absolute Gasteiger partial charge is 0.494 e. The number of nitrogens with one attached hydrogen (secondary N) is 1. The Morgan fingerprint density at radius 1 is 1.30 bits per heavy atom. The molecule has 1 atom stereocenters. The number of pyridine rings is 1. The number of halogens is 1. The molecular weight excluding hydrogens is 355 g/mol. The molecule has 0 bridgehead atoms. The second-order valence-electron chi connectivity index (χ2n) is 6.10. The molecule has 7 nitrogen and oxygen atoms in total. The highest BCUT2D eigenvalue weighted by Crippen LogP contribution is 2.23. The van der Waals surface area contributed by atoms with Crippen molar-refractivity contribution in [2.75, 3.05) is 13.7 Å². The SMILES string of the molecule is CCOC(=O)c1cn(CC(=O)N[C@@H](C)CC)c2cc(F)c(OC)cc2c1=O. The lowest BCUT2D eigenvalue weighted by atomic mass is 10.1. The molecule has 0 saturated heterocycles. The predicted molar refractivity (Wildman–Crippen MR) is 98.6 cm³/mol. The lowest BCUT2D eigenvalue weighted by Gasteiger charge is -2.16. The van der Waals surface area contributed by atoms with Gasteiger partial charge in [-0.1, -0.05) is 6.92 Å². The van der Waals surface area contributed by atoms with Gasteiger partial charge >= 0.3 is 5.97 Å². The molecule has 0 aliphatic heterocycles. The lowest BCUT2D eigenvalue weighted by molar-refractivity contribution is -0.122. The monoisotopic (exact) mass is 378 g/mol. The summed E-state index contributed by atoms with van der Waals surface area (Å²) in [7, 11) is 1.28. The Morgan fingerprint density at radius 2 is 2.00 bits per heavy atom. The van der Waals surface area contributed by atoms with Gasteiger partial charge in [-0.25, -0.2) is 9.18 Å². The molecule has 0 fully saturated rings. The third kappa shape index (κ3) is 4.45. The fourth-order valence-electron chi connectivity index (χ4n) is 2.61. The molecule has 146 valence electrons. The van der Waals surface area contributed by atoms with Crippen molar-refractivity contribution in [2.24, 2.45) is 0 Å². The summed E-state index contributed by atoms with van der Waals surface area (Å²) in [6.07, 6.45) is 1.97. The van der Waals surface area contributed by atoms with Crippen LogP contribution in [0, 0.1) is 5.82 Å². The summed E-state index contributed by atoms with van der Waals surface area (Å²) in [5, 5.41) is 2.86. The number of carbonyl (C=O) groups excluding carboxylic acids is 2. The van der Waals surface area contributed by atoms with E-state index >= 15 is 0 Å². The zero-order valence-electron chi connectivity index (χ0n) is 15.8. The van der Waals surface area contributed by atoms with Gasteiger partial charge in [0.05, 0.1) is 24.6 Å². The van der Waals surface area contributed by atoms with Gasteiger partial charge < -0.3 is 19.4 Å². The number of amides is 1. The van der Waals surface area contributed by atoms with Gasteiger partial charge in [-0.15, -0.1) is 0 Å². The van der Waals surface area contributed by atoms with Gasteiger partial charge in [-0.2, -0.15) is 0 Å². The minimum atomic E-state index is -0.802. The molecule has 1 heterocycles. The summed E-state index contributed by atoms with van der Waals surface area (Å²) < 4.78 is 25.4. The van der Waals surface area contributed by atoms with Crippen LogP contribution in [-0.2, 0) is 16.1 Å². The van der Waals surface area contributed by atoms with Crippen LogP contribution < -0.4 is 15.5 Å². The quantitative estimate of drug-likeness (QED) is 0.747. The van der Waals surface area contributed by atoms with Crippen molar-refractivity contribution < 1.29 is 23.5 Å². The number of nitrogens with zero attached hydrogens (tertiary/aromatic N) is 1. The molecule has 1 N–H and O–H groups in total. The highest BCUT2D eigenvalue weighted by atomic mass is 19.1. The number of rotatable bonds is 7. The topological polar surface area (TPSA) is 86.6 Å². The number of aromatic nitrogens is 1. The minimum Gasteiger partial charge on any atom is -0.494 e. The van der Waals surface area contributed by atoms with E-state index in [0.29, 0.717) is 0 Å². The lowest BCUT2D eigenvalue weighted by Crippen LogP contribution is -2.35. The van der Waals surface area contributed by atoms with Crippen molar-refractivity contribution in [3.63, 3.8) is 0 Å². The number of hydrogen-bond donors (Lipinski definition) is 1. The van der Waals surface area contributed by atoms with Crippen LogP contribution in [0.3, 0.4) is 0 Å². The first-order chi connectivity index (χ1) is 12.8. The van der Waals surface area contributed by atoms with Gasteiger partial charge in [0, 0.05) is 18.3 Å². The first-order valence-corrected chi connectivity index (χ1v) is 8.69. The summed E-state index contributed by atoms with van der Waals surface area (Å²) >= 11 is 0. The highest BCUT2D eigenvalue weighted by molar-refractivity contribution is 5.94. The molecule has 8 heteroatoms. The van der Waals surface area contributed by atoms with Crippen LogP contribution in [0.1, 0.15) is 37.6 Å². The third-order valence-corrected chi connectivity index (χ3v) is 4.18. The maximum atomic E-state index is 14.2. The van der Waals surface area contributed by atoms with Crippen LogP contribution >= 0.6 is 0 Å². The van der Waals surface area contributed by atoms with E-state index in [0.717, 1.165) is 12.5 Å². The molecule has 0 unspecified atom stereocenters. The van der Waals surface area contributed by atoms with Gasteiger partial charge in [-0.3, -0.25) is 9.59 Å². The Balaban J connectivity index is 2.64. The molecule has 1 aromatic heterocycles. The van der Waals surface area contributed by atoms with E-state index in [2.05, 4.69) is 5.32 Å². The Hall–Kier alpha value is -2.90. The second-order valence-corrected chi connectivity index (χ2v) is 6.10. The van der Waals surface area contributed by atoms with Gasteiger partial charge in [0.1, 0.15) is 12.1 Å². The molecule has 2 rings (SSSR count). The fraction of sp³-hybridized carbons (Fsp3) is 0.421. The van der Waals surface area contributed by atoms with E-state index in [1.807, 2.05) is 13.8 Å². The molecule has 0 aliphatic rings. The Labute approximate surface area is 156 Å². The molecule has 27 heavy (non-hydrogen) atoms. The maximum Gasteiger partial charge on any atom is 0.343 e. The van der Waals surface area contributed by atoms with Crippen LogP contribution in [0.2, 0.25) is 0 Å². The predicted octanol–water partition coefficient (Wildman–Crippen LogP) is 2.24. The third-order valence-electron chi connectivity index (χ3n) is 4.18. The molecule has 2 aromatic rings. The van der Waals surface area contributed by atoms with E-state index in [1.54, 1.807) is 6.92 Å². The zero-order valence-corrected chi connectivity index (χ0v) is 15.8. The van der Waals surface area contributed by atoms with Crippen molar-refractivity contribution in [1.82, 2.24) is 9.88 Å². The first-order valence-electron chi connectivity index (χ1n) is 8.69. The van der Waals surface area contributed by atoms with Crippen molar-refractivity contribution in [3.05, 3.63) is 39.9 Å². The number of esters is 1. The fourth-order valence-corrected chi connectivity index (χ4v) is 2.61. The van der Waals surface area contributed by atoms with Gasteiger partial charge in [-0.05, 0) is 26.3 Å². The number of fused-ring (bicyclic) bond motifs is 1. The van der Waals surface area contributed by atoms with Crippen LogP contribution in [-0.4, -0.2) is 36.2 Å². The second kappa shape index (κ2) is 8.66. The van der Waals surface area contributed by atoms with Crippen LogP contribution in [0.15, 0.2) is 23.1 Å². The summed E-state index contributed by atoms with van der Waals surface area (Å²) in [4.78, 5) is 37.1. The number of benzene rings is 1. The summed E-state index contributed by atoms with van der Waals surface area (Å²) in [6, 6.07) is 2.30. The van der Waals surface area contributed by atoms with E-state index in [9.17, 15) is 18.8 Å². The van der Waals surface area contributed by atoms with Gasteiger partial charge in [0.2, 0.25) is 11.3 Å². The van der Waals surface area contributed by atoms with E-state index in [-0.39, 0.29) is 47.3 Å². The molecule has 0 radical (unpaired) electrons. The normalized spacial score (nSPS) is 11.9. The van der Waals surface area contributed by atoms with E-state index in [4.69, 9.17) is 9.47 Å². The molecule has 1 amide bonds. The first kappa shape index (κ1) is 20.4. The number of ether oxygens (including phenoxy) is 2. The van der Waals surface area contributed by atoms with Crippen LogP contribution in [0.4, 0.5) is 4.39 Å². The minimum absolute atomic E-state index is 0.0375. The smallest absolute Gasteiger partial charge is 0.343 e. The number of carbonyl (C=O) groups is 2. The summed E-state index contributed by atoms with van der Waals surface area (Å²) in [5.41, 5.74) is -0.652. The van der Waals surface area contributed by atoms with Crippen LogP contribution in [0.25, 0.3) is 10.9 Å². The molecule has 1 aromatic carbocycles.